The molecule has 0 unspecified atom stereocenters. The van der Waals surface area contributed by atoms with Gasteiger partial charge in [-0.25, -0.2) is 9.67 Å². The summed E-state index contributed by atoms with van der Waals surface area (Å²) in [7, 11) is 1.94. The molecule has 3 N–H and O–H groups in total. The number of aryl methyl sites for hydroxylation is 2. The van der Waals surface area contributed by atoms with Crippen molar-refractivity contribution in [2.45, 2.75) is 39.5 Å². The number of Topliss-reactive ketones (excluding diaryl/α,β-unsaturated/α-hetero) is 1. The maximum absolute atomic E-state index is 12.7. The molecule has 3 aromatic heterocycles. The van der Waals surface area contributed by atoms with Crippen LogP contribution in [0.5, 0.6) is 0 Å². The number of carbonyl (C=O) groups is 1. The Hall–Kier alpha value is -3.60. The van der Waals surface area contributed by atoms with Crippen molar-refractivity contribution in [3.8, 4) is 5.82 Å². The molecule has 10 nitrogen and oxygen atoms in total. The van der Waals surface area contributed by atoms with E-state index in [2.05, 4.69) is 20.4 Å². The average Bonchev–Trinajstić information content (AvgIpc) is 3.48. The Bertz CT molecular complexity index is 1410. The minimum Gasteiger partial charge on any atom is -0.389 e. The molecule has 4 heterocycles. The first kappa shape index (κ1) is 24.1. The highest BCUT2D eigenvalue weighted by atomic mass is 16.3. The van der Waals surface area contributed by atoms with Crippen LogP contribution in [0.3, 0.4) is 0 Å². The fraction of sp³-hybridized carbons (Fsp3) is 0.385. The first-order valence-electron chi connectivity index (χ1n) is 12.1. The van der Waals surface area contributed by atoms with Gasteiger partial charge in [0.15, 0.2) is 11.6 Å². The highest BCUT2D eigenvalue weighted by Gasteiger charge is 2.30. The molecular weight excluding hydrogens is 458 g/mol. The Labute approximate surface area is 209 Å². The molecule has 1 fully saturated rings. The van der Waals surface area contributed by atoms with Crippen LogP contribution in [0.2, 0.25) is 0 Å². The molecule has 10 heteroatoms. The van der Waals surface area contributed by atoms with Crippen LogP contribution in [0, 0.1) is 12.8 Å². The summed E-state index contributed by atoms with van der Waals surface area (Å²) in [5.74, 6) is 1.05. The van der Waals surface area contributed by atoms with Crippen LogP contribution < -0.4 is 5.32 Å². The van der Waals surface area contributed by atoms with Gasteiger partial charge in [-0.3, -0.25) is 9.69 Å². The number of anilines is 2. The molecule has 1 aliphatic heterocycles. The first-order chi connectivity index (χ1) is 17.2. The Balaban J connectivity index is 1.38. The van der Waals surface area contributed by atoms with Gasteiger partial charge < -0.3 is 20.1 Å². The predicted molar refractivity (Wildman–Crippen MR) is 137 cm³/mol. The van der Waals surface area contributed by atoms with Crippen molar-refractivity contribution >= 4 is 28.3 Å². The summed E-state index contributed by atoms with van der Waals surface area (Å²) in [6, 6.07) is 7.66. The maximum Gasteiger partial charge on any atom is 0.229 e. The van der Waals surface area contributed by atoms with E-state index >= 15 is 0 Å². The fourth-order valence-electron chi connectivity index (χ4n) is 4.63. The van der Waals surface area contributed by atoms with E-state index in [1.54, 1.807) is 16.9 Å². The number of likely N-dealkylation sites (tertiary alicyclic amines) is 1. The largest absolute Gasteiger partial charge is 0.389 e. The van der Waals surface area contributed by atoms with Crippen molar-refractivity contribution in [1.82, 2.24) is 29.2 Å². The van der Waals surface area contributed by atoms with E-state index in [1.807, 2.05) is 67.9 Å². The zero-order chi connectivity index (χ0) is 25.6. The number of benzene rings is 1. The highest BCUT2D eigenvalue weighted by Crippen LogP contribution is 2.27. The summed E-state index contributed by atoms with van der Waals surface area (Å²) in [5.41, 5.74) is 4.33. The van der Waals surface area contributed by atoms with Gasteiger partial charge in [-0.1, -0.05) is 13.8 Å². The number of nitrogens with zero attached hydrogens (tertiary/aromatic N) is 6. The highest BCUT2D eigenvalue weighted by molar-refractivity contribution is 6.09. The van der Waals surface area contributed by atoms with Gasteiger partial charge in [-0.2, -0.15) is 10.1 Å². The number of aliphatic hydroxyl groups is 2. The van der Waals surface area contributed by atoms with E-state index in [0.717, 1.165) is 27.8 Å². The van der Waals surface area contributed by atoms with E-state index in [4.69, 9.17) is 0 Å². The molecule has 0 aliphatic carbocycles. The molecule has 4 aromatic rings. The summed E-state index contributed by atoms with van der Waals surface area (Å²) in [6.07, 6.45) is 4.03. The number of nitrogens with one attached hydrogen (secondary N) is 1. The van der Waals surface area contributed by atoms with Gasteiger partial charge in [-0.15, -0.1) is 0 Å². The van der Waals surface area contributed by atoms with Gasteiger partial charge in [0.05, 0.1) is 17.9 Å². The van der Waals surface area contributed by atoms with Gasteiger partial charge in [0.2, 0.25) is 5.95 Å². The van der Waals surface area contributed by atoms with E-state index < -0.39 is 12.2 Å². The van der Waals surface area contributed by atoms with Crippen LogP contribution in [0.15, 0.2) is 42.9 Å². The minimum atomic E-state index is -0.717. The van der Waals surface area contributed by atoms with Crippen molar-refractivity contribution in [2.24, 2.45) is 13.0 Å². The fourth-order valence-corrected chi connectivity index (χ4v) is 4.63. The third-order valence-corrected chi connectivity index (χ3v) is 6.64. The molecule has 36 heavy (non-hydrogen) atoms. The maximum atomic E-state index is 12.7. The number of aliphatic hydroxyl groups excluding tert-OH is 2. The molecule has 1 aromatic carbocycles. The number of rotatable bonds is 7. The van der Waals surface area contributed by atoms with Gasteiger partial charge >= 0.3 is 0 Å². The molecular formula is C26H31N7O3. The summed E-state index contributed by atoms with van der Waals surface area (Å²) in [4.78, 5) is 23.7. The average molecular weight is 490 g/mol. The summed E-state index contributed by atoms with van der Waals surface area (Å²) >= 11 is 0. The number of hydrogen-bond acceptors (Lipinski definition) is 8. The monoisotopic (exact) mass is 489 g/mol. The molecule has 2 atom stereocenters. The van der Waals surface area contributed by atoms with E-state index in [9.17, 15) is 15.0 Å². The quantitative estimate of drug-likeness (QED) is 0.339. The Morgan fingerprint density at radius 1 is 1.17 bits per heavy atom. The standard InChI is InChI=1S/C26H31N7O3/c1-15(2)25(36)20-12-31(4)21-6-5-18(9-19(20)21)28-26-27-8-7-24(29-26)33-11-17(16(3)30-33)10-32-13-22(34)23(35)14-32/h5-9,11-12,15,22-23,34-35H,10,13-14H2,1-4H3,(H,27,28,29)/t22-,23+. The number of carbonyl (C=O) groups excluding carboxylic acids is 1. The molecule has 0 bridgehead atoms. The van der Waals surface area contributed by atoms with Gasteiger partial charge in [0, 0.05) is 85.0 Å². The third-order valence-electron chi connectivity index (χ3n) is 6.64. The Morgan fingerprint density at radius 2 is 1.92 bits per heavy atom. The molecule has 5 rings (SSSR count). The second-order valence-electron chi connectivity index (χ2n) is 9.78. The zero-order valence-corrected chi connectivity index (χ0v) is 20.9. The lowest BCUT2D eigenvalue weighted by Gasteiger charge is -2.13. The Kier molecular flexibility index (Phi) is 6.33. The molecule has 188 valence electrons. The van der Waals surface area contributed by atoms with E-state index in [0.29, 0.717) is 37.0 Å². The number of hydrogen-bond donors (Lipinski definition) is 3. The van der Waals surface area contributed by atoms with Gasteiger partial charge in [0.25, 0.3) is 0 Å². The smallest absolute Gasteiger partial charge is 0.229 e. The van der Waals surface area contributed by atoms with Crippen LogP contribution in [0.25, 0.3) is 16.7 Å². The van der Waals surface area contributed by atoms with Gasteiger partial charge in [0.1, 0.15) is 0 Å². The topological polar surface area (TPSA) is 121 Å². The SMILES string of the molecule is Cc1nn(-c2ccnc(Nc3ccc4c(c3)c(C(=O)C(C)C)cn4C)n2)cc1CN1C[C@@H](O)[C@@H](O)C1. The predicted octanol–water partition coefficient (Wildman–Crippen LogP) is 2.58. The molecule has 0 saturated carbocycles. The Morgan fingerprint density at radius 3 is 2.64 bits per heavy atom. The molecule has 0 spiro atoms. The van der Waals surface area contributed by atoms with Crippen LogP contribution >= 0.6 is 0 Å². The summed E-state index contributed by atoms with van der Waals surface area (Å²) in [6.45, 7) is 7.20. The van der Waals surface area contributed by atoms with Crippen molar-refractivity contribution in [3.05, 3.63) is 59.7 Å². The van der Waals surface area contributed by atoms with Crippen molar-refractivity contribution in [2.75, 3.05) is 18.4 Å². The molecule has 1 saturated heterocycles. The van der Waals surface area contributed by atoms with Crippen molar-refractivity contribution in [1.29, 1.82) is 0 Å². The summed E-state index contributed by atoms with van der Waals surface area (Å²) < 4.78 is 3.67. The number of ketones is 1. The zero-order valence-electron chi connectivity index (χ0n) is 20.9. The van der Waals surface area contributed by atoms with E-state index in [1.165, 1.54) is 0 Å². The lowest BCUT2D eigenvalue weighted by atomic mass is 10.0. The number of β-amino-alcohol motifs (C(OH)–C–C–N with tert-alkyl or cyclic N) is 2. The van der Waals surface area contributed by atoms with Crippen LogP contribution in [-0.2, 0) is 13.6 Å². The molecule has 1 aliphatic rings. The first-order valence-corrected chi connectivity index (χ1v) is 12.1. The lowest BCUT2D eigenvalue weighted by molar-refractivity contribution is 0.0572. The molecule has 0 radical (unpaired) electrons. The van der Waals surface area contributed by atoms with Crippen molar-refractivity contribution < 1.29 is 15.0 Å². The second kappa shape index (κ2) is 9.45. The number of fused-ring (bicyclic) bond motifs is 1. The number of aromatic nitrogens is 5. The van der Waals surface area contributed by atoms with Crippen LogP contribution in [0.4, 0.5) is 11.6 Å². The second-order valence-corrected chi connectivity index (χ2v) is 9.78. The van der Waals surface area contributed by atoms with Crippen LogP contribution in [0.1, 0.15) is 35.5 Å². The van der Waals surface area contributed by atoms with E-state index in [-0.39, 0.29) is 11.7 Å². The molecule has 0 amide bonds. The lowest BCUT2D eigenvalue weighted by Crippen LogP contribution is -2.22. The minimum absolute atomic E-state index is 0.0877. The summed E-state index contributed by atoms with van der Waals surface area (Å²) in [5, 5.41) is 28.4. The third kappa shape index (κ3) is 4.62. The van der Waals surface area contributed by atoms with Crippen molar-refractivity contribution in [3.63, 3.8) is 0 Å². The van der Waals surface area contributed by atoms with Gasteiger partial charge in [-0.05, 0) is 25.1 Å². The normalized spacial score (nSPS) is 18.4. The van der Waals surface area contributed by atoms with Crippen LogP contribution in [-0.4, -0.2) is 70.5 Å².